The Labute approximate surface area is 131 Å². The van der Waals surface area contributed by atoms with Gasteiger partial charge in [-0.2, -0.15) is 0 Å². The first-order chi connectivity index (χ1) is 10.6. The molecular formula is C16H12ClNO4. The fraction of sp³-hybridized carbons (Fsp3) is 0.125. The number of hydrogen-bond donors (Lipinski definition) is 0. The van der Waals surface area contributed by atoms with Crippen molar-refractivity contribution in [3.05, 3.63) is 75.7 Å². The molecule has 1 amide bonds. The Morgan fingerprint density at radius 1 is 1.05 bits per heavy atom. The Hall–Kier alpha value is -2.53. The van der Waals surface area contributed by atoms with Gasteiger partial charge in [-0.1, -0.05) is 54.1 Å². The minimum absolute atomic E-state index is 0.0223. The standard InChI is InChI=1S/C16H12ClNO4/c17-13-8-6-11(7-9-13)10-22-16(20)14(15(19)18-21)12-4-2-1-3-5-12/h1-9,14H,10H2. The topological polar surface area (TPSA) is 72.8 Å². The molecule has 0 aliphatic rings. The van der Waals surface area contributed by atoms with E-state index in [1.54, 1.807) is 54.6 Å². The summed E-state index contributed by atoms with van der Waals surface area (Å²) in [5.74, 6) is -3.23. The molecule has 0 aliphatic heterocycles. The first kappa shape index (κ1) is 15.9. The SMILES string of the molecule is O=NC(=O)C(C(=O)OCc1ccc(Cl)cc1)c1ccccc1. The van der Waals surface area contributed by atoms with Crippen LogP contribution in [0.25, 0.3) is 0 Å². The largest absolute Gasteiger partial charge is 0.460 e. The van der Waals surface area contributed by atoms with Gasteiger partial charge in [0.15, 0.2) is 5.92 Å². The maximum atomic E-state index is 12.1. The van der Waals surface area contributed by atoms with Gasteiger partial charge in [0.05, 0.1) is 0 Å². The summed E-state index contributed by atoms with van der Waals surface area (Å²) < 4.78 is 5.11. The Morgan fingerprint density at radius 3 is 2.27 bits per heavy atom. The number of carbonyl (C=O) groups is 2. The number of hydrogen-bond acceptors (Lipinski definition) is 4. The highest BCUT2D eigenvalue weighted by molar-refractivity contribution is 6.30. The highest BCUT2D eigenvalue weighted by Crippen LogP contribution is 2.20. The van der Waals surface area contributed by atoms with E-state index in [0.29, 0.717) is 10.6 Å². The number of nitroso groups, excluding NO2 is 1. The maximum absolute atomic E-state index is 12.1. The number of rotatable bonds is 5. The molecule has 0 radical (unpaired) electrons. The van der Waals surface area contributed by atoms with E-state index in [1.807, 2.05) is 0 Å². The average molecular weight is 318 g/mol. The van der Waals surface area contributed by atoms with Gasteiger partial charge in [0, 0.05) is 10.2 Å². The highest BCUT2D eigenvalue weighted by atomic mass is 35.5. The molecule has 1 unspecified atom stereocenters. The van der Waals surface area contributed by atoms with Crippen molar-refractivity contribution in [2.75, 3.05) is 0 Å². The number of ether oxygens (including phenoxy) is 1. The van der Waals surface area contributed by atoms with E-state index in [1.165, 1.54) is 0 Å². The normalized spacial score (nSPS) is 11.5. The van der Waals surface area contributed by atoms with Crippen LogP contribution in [0.3, 0.4) is 0 Å². The van der Waals surface area contributed by atoms with Crippen LogP contribution in [-0.4, -0.2) is 11.9 Å². The van der Waals surface area contributed by atoms with Crippen LogP contribution < -0.4 is 0 Å². The van der Waals surface area contributed by atoms with Crippen molar-refractivity contribution in [1.29, 1.82) is 0 Å². The van der Waals surface area contributed by atoms with Crippen molar-refractivity contribution < 1.29 is 14.3 Å². The van der Waals surface area contributed by atoms with Gasteiger partial charge in [-0.05, 0) is 23.3 Å². The summed E-state index contributed by atoms with van der Waals surface area (Å²) in [7, 11) is 0. The number of amides is 1. The molecule has 0 aromatic heterocycles. The molecule has 2 rings (SSSR count). The first-order valence-electron chi connectivity index (χ1n) is 6.45. The number of carbonyl (C=O) groups excluding carboxylic acids is 2. The number of nitrogens with zero attached hydrogens (tertiary/aromatic N) is 1. The Bertz CT molecular complexity index is 670. The van der Waals surface area contributed by atoms with Crippen LogP contribution >= 0.6 is 11.6 Å². The molecule has 0 fully saturated rings. The van der Waals surface area contributed by atoms with Crippen molar-refractivity contribution >= 4 is 23.5 Å². The summed E-state index contributed by atoms with van der Waals surface area (Å²) in [5.41, 5.74) is 1.09. The molecule has 0 N–H and O–H groups in total. The monoisotopic (exact) mass is 317 g/mol. The van der Waals surface area contributed by atoms with E-state index in [0.717, 1.165) is 5.56 Å². The van der Waals surface area contributed by atoms with E-state index in [4.69, 9.17) is 16.3 Å². The van der Waals surface area contributed by atoms with Gasteiger partial charge in [0.1, 0.15) is 6.61 Å². The van der Waals surface area contributed by atoms with Crippen LogP contribution in [0.5, 0.6) is 0 Å². The molecular weight excluding hydrogens is 306 g/mol. The Morgan fingerprint density at radius 2 is 1.68 bits per heavy atom. The van der Waals surface area contributed by atoms with Crippen molar-refractivity contribution in [1.82, 2.24) is 0 Å². The summed E-state index contributed by atoms with van der Waals surface area (Å²) in [5, 5.41) is 2.91. The first-order valence-corrected chi connectivity index (χ1v) is 6.83. The molecule has 0 aliphatic carbocycles. The quantitative estimate of drug-likeness (QED) is 0.481. The van der Waals surface area contributed by atoms with Gasteiger partial charge in [0.25, 0.3) is 0 Å². The van der Waals surface area contributed by atoms with Gasteiger partial charge >= 0.3 is 11.9 Å². The molecule has 0 spiro atoms. The van der Waals surface area contributed by atoms with E-state index in [9.17, 15) is 14.5 Å². The van der Waals surface area contributed by atoms with Gasteiger partial charge in [0.2, 0.25) is 0 Å². The second-order valence-electron chi connectivity index (χ2n) is 4.51. The lowest BCUT2D eigenvalue weighted by Crippen LogP contribution is -2.22. The lowest BCUT2D eigenvalue weighted by molar-refractivity contribution is -0.149. The Balaban J connectivity index is 2.11. The molecule has 0 bridgehead atoms. The van der Waals surface area contributed by atoms with Gasteiger partial charge in [-0.25, -0.2) is 0 Å². The second kappa shape index (κ2) is 7.47. The van der Waals surface area contributed by atoms with Crippen molar-refractivity contribution in [2.45, 2.75) is 12.5 Å². The molecule has 5 nitrogen and oxygen atoms in total. The van der Waals surface area contributed by atoms with Gasteiger partial charge in [-0.15, -0.1) is 4.91 Å². The second-order valence-corrected chi connectivity index (χ2v) is 4.94. The van der Waals surface area contributed by atoms with Crippen LogP contribution in [0.15, 0.2) is 59.8 Å². The van der Waals surface area contributed by atoms with E-state index in [2.05, 4.69) is 5.18 Å². The van der Waals surface area contributed by atoms with Crippen LogP contribution in [0.1, 0.15) is 17.0 Å². The van der Waals surface area contributed by atoms with Crippen LogP contribution in [0.2, 0.25) is 5.02 Å². The zero-order valence-electron chi connectivity index (χ0n) is 11.4. The van der Waals surface area contributed by atoms with Crippen LogP contribution in [0.4, 0.5) is 0 Å². The fourth-order valence-corrected chi connectivity index (χ4v) is 2.02. The van der Waals surface area contributed by atoms with Gasteiger partial charge < -0.3 is 4.74 Å². The average Bonchev–Trinajstić information content (AvgIpc) is 2.55. The molecule has 1 atom stereocenters. The number of esters is 1. The maximum Gasteiger partial charge on any atom is 0.323 e. The summed E-state index contributed by atoms with van der Waals surface area (Å²) in [6.45, 7) is -0.0223. The summed E-state index contributed by atoms with van der Waals surface area (Å²) in [4.78, 5) is 34.2. The summed E-state index contributed by atoms with van der Waals surface area (Å²) >= 11 is 5.77. The third-order valence-corrected chi connectivity index (χ3v) is 3.25. The predicted molar refractivity (Wildman–Crippen MR) is 81.2 cm³/mol. The lowest BCUT2D eigenvalue weighted by Gasteiger charge is -2.12. The number of halogens is 1. The Kier molecular flexibility index (Phi) is 5.38. The third-order valence-electron chi connectivity index (χ3n) is 3.00. The van der Waals surface area contributed by atoms with Crippen molar-refractivity contribution in [3.8, 4) is 0 Å². The molecule has 0 saturated heterocycles. The third kappa shape index (κ3) is 3.99. The molecule has 6 heteroatoms. The molecule has 112 valence electrons. The fourth-order valence-electron chi connectivity index (χ4n) is 1.90. The summed E-state index contributed by atoms with van der Waals surface area (Å²) in [6, 6.07) is 14.9. The predicted octanol–water partition coefficient (Wildman–Crippen LogP) is 3.46. The molecule has 22 heavy (non-hydrogen) atoms. The minimum atomic E-state index is -1.34. The van der Waals surface area contributed by atoms with E-state index < -0.39 is 17.8 Å². The lowest BCUT2D eigenvalue weighted by atomic mass is 9.99. The zero-order valence-corrected chi connectivity index (χ0v) is 12.2. The molecule has 0 heterocycles. The van der Waals surface area contributed by atoms with E-state index >= 15 is 0 Å². The molecule has 2 aromatic rings. The summed E-state index contributed by atoms with van der Waals surface area (Å²) in [6.07, 6.45) is 0. The minimum Gasteiger partial charge on any atom is -0.460 e. The number of benzene rings is 2. The zero-order chi connectivity index (χ0) is 15.9. The van der Waals surface area contributed by atoms with Crippen LogP contribution in [-0.2, 0) is 20.9 Å². The highest BCUT2D eigenvalue weighted by Gasteiger charge is 2.30. The van der Waals surface area contributed by atoms with Gasteiger partial charge in [-0.3, -0.25) is 9.59 Å². The van der Waals surface area contributed by atoms with Crippen LogP contribution in [0, 0.1) is 4.91 Å². The van der Waals surface area contributed by atoms with Crippen molar-refractivity contribution in [2.24, 2.45) is 5.18 Å². The molecule has 0 saturated carbocycles. The van der Waals surface area contributed by atoms with Crippen molar-refractivity contribution in [3.63, 3.8) is 0 Å². The van der Waals surface area contributed by atoms with E-state index in [-0.39, 0.29) is 6.61 Å². The molecule has 2 aromatic carbocycles. The smallest absolute Gasteiger partial charge is 0.323 e.